The quantitative estimate of drug-likeness (QED) is 0.839. The minimum Gasteiger partial charge on any atom is -0.479 e. The maximum Gasteiger partial charge on any atom is 0.334 e. The van der Waals surface area contributed by atoms with Crippen LogP contribution < -0.4 is 5.32 Å². The summed E-state index contributed by atoms with van der Waals surface area (Å²) in [5.74, 6) is -1.05. The zero-order chi connectivity index (χ0) is 13.3. The minimum absolute atomic E-state index is 0.478. The molecule has 6 heteroatoms. The van der Waals surface area contributed by atoms with Crippen molar-refractivity contribution in [2.45, 2.75) is 29.6 Å². The summed E-state index contributed by atoms with van der Waals surface area (Å²) in [5.41, 5.74) is -0.255. The normalized spacial score (nSPS) is 31.8. The molecule has 1 aliphatic heterocycles. The highest BCUT2D eigenvalue weighted by molar-refractivity contribution is 6.45. The van der Waals surface area contributed by atoms with Gasteiger partial charge in [-0.2, -0.15) is 0 Å². The topological polar surface area (TPSA) is 58.6 Å². The fourth-order valence-corrected chi connectivity index (χ4v) is 2.21. The molecule has 1 unspecified atom stereocenters. The van der Waals surface area contributed by atoms with Gasteiger partial charge in [0.25, 0.3) is 0 Å². The molecule has 1 heterocycles. The van der Waals surface area contributed by atoms with Crippen LogP contribution in [0.25, 0.3) is 0 Å². The molecule has 2 rings (SSSR count). The number of rotatable bonds is 3. The van der Waals surface area contributed by atoms with Crippen molar-refractivity contribution in [3.05, 3.63) is 35.9 Å². The van der Waals surface area contributed by atoms with Crippen LogP contribution in [0.5, 0.6) is 0 Å². The van der Waals surface area contributed by atoms with Gasteiger partial charge < -0.3 is 9.84 Å². The average molecular weight is 290 g/mol. The summed E-state index contributed by atoms with van der Waals surface area (Å²) in [6, 6.07) is 8.73. The van der Waals surface area contributed by atoms with Crippen molar-refractivity contribution in [2.75, 3.05) is 0 Å². The predicted molar refractivity (Wildman–Crippen MR) is 68.7 cm³/mol. The van der Waals surface area contributed by atoms with Gasteiger partial charge in [0, 0.05) is 0 Å². The van der Waals surface area contributed by atoms with Crippen molar-refractivity contribution in [3.8, 4) is 0 Å². The van der Waals surface area contributed by atoms with E-state index in [1.165, 1.54) is 0 Å². The highest BCUT2D eigenvalue weighted by Gasteiger charge is 2.50. The fourth-order valence-electron chi connectivity index (χ4n) is 1.98. The van der Waals surface area contributed by atoms with Crippen molar-refractivity contribution in [1.82, 2.24) is 5.32 Å². The Kier molecular flexibility index (Phi) is 3.82. The van der Waals surface area contributed by atoms with E-state index in [0.29, 0.717) is 0 Å². The van der Waals surface area contributed by atoms with Gasteiger partial charge in [-0.05, 0) is 12.5 Å². The van der Waals surface area contributed by atoms with Crippen LogP contribution in [0.3, 0.4) is 0 Å². The molecular formula is C12H13Cl2NO3. The summed E-state index contributed by atoms with van der Waals surface area (Å²) >= 11 is 11.7. The van der Waals surface area contributed by atoms with E-state index in [2.05, 4.69) is 5.32 Å². The highest BCUT2D eigenvalue weighted by Crippen LogP contribution is 2.36. The lowest BCUT2D eigenvalue weighted by Gasteiger charge is -2.25. The van der Waals surface area contributed by atoms with Crippen molar-refractivity contribution in [3.63, 3.8) is 0 Å². The van der Waals surface area contributed by atoms with Gasteiger partial charge >= 0.3 is 5.97 Å². The molecule has 1 aromatic carbocycles. The molecule has 0 saturated carbocycles. The van der Waals surface area contributed by atoms with Crippen LogP contribution in [0.2, 0.25) is 0 Å². The molecule has 0 aromatic heterocycles. The average Bonchev–Trinajstić information content (AvgIpc) is 2.70. The van der Waals surface area contributed by atoms with Gasteiger partial charge in [-0.1, -0.05) is 30.3 Å². The van der Waals surface area contributed by atoms with E-state index >= 15 is 0 Å². The van der Waals surface area contributed by atoms with Crippen molar-refractivity contribution < 1.29 is 14.6 Å². The fraction of sp³-hybridized carbons (Fsp3) is 0.417. The summed E-state index contributed by atoms with van der Waals surface area (Å²) in [5, 5.41) is 12.3. The SMILES string of the molecule is CC1(C(Cl)Cl)N[C@@H](c2ccccc2)[C@H](C(=O)O)O1. The second-order valence-electron chi connectivity index (χ2n) is 4.32. The molecule has 0 aliphatic carbocycles. The Balaban J connectivity index is 2.31. The first-order chi connectivity index (χ1) is 8.44. The van der Waals surface area contributed by atoms with Gasteiger partial charge in [0.1, 0.15) is 10.6 Å². The summed E-state index contributed by atoms with van der Waals surface area (Å²) in [4.78, 5) is 10.4. The molecule has 0 bridgehead atoms. The number of hydrogen-bond acceptors (Lipinski definition) is 3. The van der Waals surface area contributed by atoms with Gasteiger partial charge in [-0.3, -0.25) is 5.32 Å². The second-order valence-corrected chi connectivity index (χ2v) is 5.41. The number of carboxylic acid groups (broad SMARTS) is 1. The standard InChI is InChI=1S/C12H13Cl2NO3/c1-12(11(13)14)15-8(9(18-12)10(16)17)7-5-3-2-4-6-7/h2-6,8-9,11,15H,1H3,(H,16,17)/t8-,9+,12?/m0/s1. The lowest BCUT2D eigenvalue weighted by molar-refractivity contribution is -0.153. The van der Waals surface area contributed by atoms with Gasteiger partial charge in [0.15, 0.2) is 6.10 Å². The third-order valence-electron chi connectivity index (χ3n) is 2.94. The largest absolute Gasteiger partial charge is 0.479 e. The summed E-state index contributed by atoms with van der Waals surface area (Å²) < 4.78 is 5.46. The monoisotopic (exact) mass is 289 g/mol. The molecule has 1 saturated heterocycles. The number of benzene rings is 1. The van der Waals surface area contributed by atoms with Crippen molar-refractivity contribution >= 4 is 29.2 Å². The maximum absolute atomic E-state index is 11.2. The molecule has 98 valence electrons. The Hall–Kier alpha value is -0.810. The molecule has 0 radical (unpaired) electrons. The van der Waals surface area contributed by atoms with Crippen LogP contribution in [0.1, 0.15) is 18.5 Å². The first kappa shape index (κ1) is 13.6. The Morgan fingerprint density at radius 3 is 2.56 bits per heavy atom. The smallest absolute Gasteiger partial charge is 0.334 e. The van der Waals surface area contributed by atoms with E-state index in [0.717, 1.165) is 5.56 Å². The van der Waals surface area contributed by atoms with Crippen LogP contribution in [-0.2, 0) is 9.53 Å². The Morgan fingerprint density at radius 2 is 2.06 bits per heavy atom. The number of ether oxygens (including phenoxy) is 1. The lowest BCUT2D eigenvalue weighted by atomic mass is 10.0. The van der Waals surface area contributed by atoms with E-state index in [1.807, 2.05) is 30.3 Å². The minimum atomic E-state index is -1.08. The van der Waals surface area contributed by atoms with E-state index in [-0.39, 0.29) is 0 Å². The van der Waals surface area contributed by atoms with Crippen LogP contribution in [0.4, 0.5) is 0 Å². The van der Waals surface area contributed by atoms with Crippen molar-refractivity contribution in [2.24, 2.45) is 0 Å². The number of hydrogen-bond donors (Lipinski definition) is 2. The predicted octanol–water partition coefficient (Wildman–Crippen LogP) is 2.32. The van der Waals surface area contributed by atoms with Gasteiger partial charge in [-0.15, -0.1) is 23.2 Å². The Labute approximate surface area is 115 Å². The molecular weight excluding hydrogens is 277 g/mol. The zero-order valence-electron chi connectivity index (χ0n) is 9.64. The van der Waals surface area contributed by atoms with Gasteiger partial charge in [0.05, 0.1) is 6.04 Å². The summed E-state index contributed by atoms with van der Waals surface area (Å²) in [6.45, 7) is 1.64. The number of alkyl halides is 2. The molecule has 3 atom stereocenters. The molecule has 18 heavy (non-hydrogen) atoms. The van der Waals surface area contributed by atoms with Crippen LogP contribution in [0.15, 0.2) is 30.3 Å². The van der Waals surface area contributed by atoms with E-state index in [1.54, 1.807) is 6.92 Å². The van der Waals surface area contributed by atoms with E-state index < -0.39 is 28.7 Å². The first-order valence-electron chi connectivity index (χ1n) is 5.45. The van der Waals surface area contributed by atoms with E-state index in [4.69, 9.17) is 27.9 Å². The van der Waals surface area contributed by atoms with Gasteiger partial charge in [0.2, 0.25) is 0 Å². The Morgan fingerprint density at radius 1 is 1.44 bits per heavy atom. The first-order valence-corrected chi connectivity index (χ1v) is 6.33. The number of aliphatic carboxylic acids is 1. The molecule has 1 fully saturated rings. The lowest BCUT2D eigenvalue weighted by Crippen LogP contribution is -2.44. The molecule has 1 aromatic rings. The summed E-state index contributed by atoms with van der Waals surface area (Å²) in [7, 11) is 0. The van der Waals surface area contributed by atoms with Crippen molar-refractivity contribution in [1.29, 1.82) is 0 Å². The van der Waals surface area contributed by atoms with Crippen LogP contribution in [0, 0.1) is 0 Å². The maximum atomic E-state index is 11.2. The van der Waals surface area contributed by atoms with Crippen LogP contribution >= 0.6 is 23.2 Å². The molecule has 0 spiro atoms. The summed E-state index contributed by atoms with van der Waals surface area (Å²) in [6.07, 6.45) is -1.02. The number of carbonyl (C=O) groups is 1. The third kappa shape index (κ3) is 2.47. The number of nitrogens with one attached hydrogen (secondary N) is 1. The molecule has 4 nitrogen and oxygen atoms in total. The van der Waals surface area contributed by atoms with Gasteiger partial charge in [-0.25, -0.2) is 4.79 Å². The number of carboxylic acids is 1. The third-order valence-corrected chi connectivity index (χ3v) is 3.77. The van der Waals surface area contributed by atoms with E-state index in [9.17, 15) is 9.90 Å². The zero-order valence-corrected chi connectivity index (χ0v) is 11.2. The Bertz CT molecular complexity index is 440. The number of halogens is 2. The molecule has 0 amide bonds. The second kappa shape index (κ2) is 5.05. The molecule has 1 aliphatic rings. The van der Waals surface area contributed by atoms with Crippen LogP contribution in [-0.4, -0.2) is 27.7 Å². The highest BCUT2D eigenvalue weighted by atomic mass is 35.5. The molecule has 2 N–H and O–H groups in total.